The van der Waals surface area contributed by atoms with Crippen LogP contribution in [0, 0.1) is 0 Å². The number of phenols is 1. The zero-order chi connectivity index (χ0) is 10.7. The number of carbonyl (C=O) groups excluding carboxylic acids is 1. The topological polar surface area (TPSA) is 72.5 Å². The molecule has 3 N–H and O–H groups in total. The molecule has 1 aromatic rings. The van der Waals surface area contributed by atoms with Crippen LogP contribution >= 0.6 is 0 Å². The van der Waals surface area contributed by atoms with Gasteiger partial charge in [0.2, 0.25) is 0 Å². The number of ether oxygens (including phenoxy) is 1. The average Bonchev–Trinajstić information content (AvgIpc) is 2.17. The molecule has 0 aromatic heterocycles. The van der Waals surface area contributed by atoms with Crippen LogP contribution in [0.4, 0.5) is 0 Å². The Morgan fingerprint density at radius 2 is 2.21 bits per heavy atom. The van der Waals surface area contributed by atoms with Gasteiger partial charge in [0.25, 0.3) is 0 Å². The summed E-state index contributed by atoms with van der Waals surface area (Å²) in [7, 11) is 1.31. The summed E-state index contributed by atoms with van der Waals surface area (Å²) in [5.74, 6) is -0.348. The molecule has 4 heteroatoms. The van der Waals surface area contributed by atoms with Gasteiger partial charge in [0.15, 0.2) is 0 Å². The zero-order valence-electron chi connectivity index (χ0n) is 8.15. The van der Waals surface area contributed by atoms with Gasteiger partial charge in [-0.05, 0) is 25.1 Å². The number of esters is 1. The highest BCUT2D eigenvalue weighted by atomic mass is 16.5. The predicted molar refractivity (Wildman–Crippen MR) is 52.0 cm³/mol. The van der Waals surface area contributed by atoms with Crippen molar-refractivity contribution in [3.05, 3.63) is 29.3 Å². The van der Waals surface area contributed by atoms with Crippen LogP contribution in [0.15, 0.2) is 18.2 Å². The Balaban J connectivity index is 3.13. The van der Waals surface area contributed by atoms with E-state index in [1.165, 1.54) is 25.3 Å². The van der Waals surface area contributed by atoms with Gasteiger partial charge in [-0.15, -0.1) is 0 Å². The first kappa shape index (κ1) is 10.5. The number of nitrogens with two attached hydrogens (primary N) is 1. The Morgan fingerprint density at radius 3 is 2.71 bits per heavy atom. The number of benzene rings is 1. The van der Waals surface area contributed by atoms with Crippen molar-refractivity contribution in [3.8, 4) is 5.75 Å². The number of carbonyl (C=O) groups is 1. The van der Waals surface area contributed by atoms with Gasteiger partial charge in [0, 0.05) is 11.6 Å². The lowest BCUT2D eigenvalue weighted by atomic mass is 10.0. The van der Waals surface area contributed by atoms with Crippen LogP contribution < -0.4 is 5.73 Å². The summed E-state index contributed by atoms with van der Waals surface area (Å²) in [5, 5.41) is 9.43. The second-order valence-electron chi connectivity index (χ2n) is 3.05. The molecule has 4 nitrogen and oxygen atoms in total. The smallest absolute Gasteiger partial charge is 0.337 e. The Morgan fingerprint density at radius 1 is 1.57 bits per heavy atom. The van der Waals surface area contributed by atoms with E-state index in [0.29, 0.717) is 11.1 Å². The van der Waals surface area contributed by atoms with E-state index in [1.807, 2.05) is 0 Å². The largest absolute Gasteiger partial charge is 0.508 e. The van der Waals surface area contributed by atoms with Crippen LogP contribution in [0.1, 0.15) is 28.9 Å². The normalized spacial score (nSPS) is 12.2. The maximum absolute atomic E-state index is 11.2. The molecule has 0 saturated carbocycles. The van der Waals surface area contributed by atoms with Crippen LogP contribution in [0.5, 0.6) is 5.75 Å². The van der Waals surface area contributed by atoms with Gasteiger partial charge in [0.05, 0.1) is 12.7 Å². The highest BCUT2D eigenvalue weighted by Gasteiger charge is 2.11. The van der Waals surface area contributed by atoms with E-state index < -0.39 is 5.97 Å². The van der Waals surface area contributed by atoms with E-state index >= 15 is 0 Å². The van der Waals surface area contributed by atoms with Crippen molar-refractivity contribution in [3.63, 3.8) is 0 Å². The molecule has 1 atom stereocenters. The maximum Gasteiger partial charge on any atom is 0.337 e. The lowest BCUT2D eigenvalue weighted by Gasteiger charge is -2.09. The predicted octanol–water partition coefficient (Wildman–Crippen LogP) is 1.20. The van der Waals surface area contributed by atoms with Crippen LogP contribution in [0.2, 0.25) is 0 Å². The molecule has 14 heavy (non-hydrogen) atoms. The maximum atomic E-state index is 11.2. The lowest BCUT2D eigenvalue weighted by molar-refractivity contribution is 0.0600. The van der Waals surface area contributed by atoms with E-state index in [9.17, 15) is 9.90 Å². The number of hydrogen-bond acceptors (Lipinski definition) is 4. The number of methoxy groups -OCH3 is 1. The molecule has 0 saturated heterocycles. The first-order chi connectivity index (χ1) is 6.56. The molecule has 0 heterocycles. The fraction of sp³-hybridized carbons (Fsp3) is 0.300. The highest BCUT2D eigenvalue weighted by molar-refractivity contribution is 5.89. The van der Waals surface area contributed by atoms with Crippen molar-refractivity contribution in [1.29, 1.82) is 0 Å². The number of hydrogen-bond donors (Lipinski definition) is 2. The molecule has 0 spiro atoms. The van der Waals surface area contributed by atoms with Crippen molar-refractivity contribution < 1.29 is 14.6 Å². The summed E-state index contributed by atoms with van der Waals surface area (Å²) >= 11 is 0. The molecule has 0 aliphatic carbocycles. The zero-order valence-corrected chi connectivity index (χ0v) is 8.15. The first-order valence-electron chi connectivity index (χ1n) is 4.23. The molecule has 0 radical (unpaired) electrons. The summed E-state index contributed by atoms with van der Waals surface area (Å²) in [5.41, 5.74) is 6.53. The van der Waals surface area contributed by atoms with Crippen molar-refractivity contribution in [2.24, 2.45) is 5.73 Å². The fourth-order valence-corrected chi connectivity index (χ4v) is 1.16. The van der Waals surface area contributed by atoms with Crippen LogP contribution in [0.25, 0.3) is 0 Å². The quantitative estimate of drug-likeness (QED) is 0.695. The van der Waals surface area contributed by atoms with E-state index in [4.69, 9.17) is 5.73 Å². The van der Waals surface area contributed by atoms with Crippen molar-refractivity contribution in [2.75, 3.05) is 7.11 Å². The number of rotatable bonds is 2. The van der Waals surface area contributed by atoms with Gasteiger partial charge in [-0.2, -0.15) is 0 Å². The van der Waals surface area contributed by atoms with Gasteiger partial charge in [0.1, 0.15) is 5.75 Å². The first-order valence-corrected chi connectivity index (χ1v) is 4.23. The van der Waals surface area contributed by atoms with E-state index in [-0.39, 0.29) is 11.8 Å². The summed E-state index contributed by atoms with van der Waals surface area (Å²) in [6, 6.07) is 4.14. The second-order valence-corrected chi connectivity index (χ2v) is 3.05. The van der Waals surface area contributed by atoms with E-state index in [2.05, 4.69) is 4.74 Å². The van der Waals surface area contributed by atoms with Crippen LogP contribution in [-0.4, -0.2) is 18.2 Å². The van der Waals surface area contributed by atoms with E-state index in [1.54, 1.807) is 6.92 Å². The highest BCUT2D eigenvalue weighted by Crippen LogP contribution is 2.23. The SMILES string of the molecule is COC(=O)c1ccc(O)c([C@@H](C)N)c1. The molecule has 0 unspecified atom stereocenters. The van der Waals surface area contributed by atoms with Gasteiger partial charge in [-0.1, -0.05) is 0 Å². The van der Waals surface area contributed by atoms with Crippen molar-refractivity contribution >= 4 is 5.97 Å². The number of phenolic OH excluding ortho intramolecular Hbond substituents is 1. The molecule has 1 rings (SSSR count). The third kappa shape index (κ3) is 2.03. The standard InChI is InChI=1S/C10H13NO3/c1-6(11)8-5-7(10(13)14-2)3-4-9(8)12/h3-6,12H,11H2,1-2H3/t6-/m1/s1. The third-order valence-electron chi connectivity index (χ3n) is 1.94. The molecule has 0 aliphatic heterocycles. The minimum atomic E-state index is -0.438. The van der Waals surface area contributed by atoms with Gasteiger partial charge in [-0.3, -0.25) is 0 Å². The molecule has 0 amide bonds. The van der Waals surface area contributed by atoms with Crippen molar-refractivity contribution in [1.82, 2.24) is 0 Å². The van der Waals surface area contributed by atoms with Crippen molar-refractivity contribution in [2.45, 2.75) is 13.0 Å². The molecule has 76 valence electrons. The summed E-state index contributed by atoms with van der Waals surface area (Å²) < 4.78 is 4.55. The fourth-order valence-electron chi connectivity index (χ4n) is 1.16. The van der Waals surface area contributed by atoms with Gasteiger partial charge >= 0.3 is 5.97 Å². The van der Waals surface area contributed by atoms with Crippen LogP contribution in [0.3, 0.4) is 0 Å². The van der Waals surface area contributed by atoms with Gasteiger partial charge < -0.3 is 15.6 Å². The average molecular weight is 195 g/mol. The number of aromatic hydroxyl groups is 1. The second kappa shape index (κ2) is 4.11. The summed E-state index contributed by atoms with van der Waals surface area (Å²) in [6.45, 7) is 1.73. The molecule has 0 bridgehead atoms. The Bertz CT molecular complexity index is 347. The summed E-state index contributed by atoms with van der Waals surface area (Å²) in [4.78, 5) is 11.2. The third-order valence-corrected chi connectivity index (χ3v) is 1.94. The molecular formula is C10H13NO3. The summed E-state index contributed by atoms with van der Waals surface area (Å²) in [6.07, 6.45) is 0. The minimum absolute atomic E-state index is 0.0904. The minimum Gasteiger partial charge on any atom is -0.508 e. The van der Waals surface area contributed by atoms with Gasteiger partial charge in [-0.25, -0.2) is 4.79 Å². The van der Waals surface area contributed by atoms with E-state index in [0.717, 1.165) is 0 Å². The molecule has 0 fully saturated rings. The van der Waals surface area contributed by atoms with Crippen LogP contribution in [-0.2, 0) is 4.74 Å². The molecule has 1 aromatic carbocycles. The molecular weight excluding hydrogens is 182 g/mol. The Labute approximate surface area is 82.3 Å². The monoisotopic (exact) mass is 195 g/mol. The lowest BCUT2D eigenvalue weighted by Crippen LogP contribution is -2.08. The molecule has 0 aliphatic rings. The Kier molecular flexibility index (Phi) is 3.09. The Hall–Kier alpha value is -1.55.